The summed E-state index contributed by atoms with van der Waals surface area (Å²) >= 11 is 1.46. The zero-order valence-corrected chi connectivity index (χ0v) is 10.4. The lowest BCUT2D eigenvalue weighted by Crippen LogP contribution is -2.32. The van der Waals surface area contributed by atoms with Gasteiger partial charge in [-0.25, -0.2) is 0 Å². The molecule has 1 aromatic heterocycles. The van der Waals surface area contributed by atoms with E-state index in [0.717, 1.165) is 12.2 Å². The minimum Gasteiger partial charge on any atom is -0.416 e. The number of oxime groups is 1. The average Bonchev–Trinajstić information content (AvgIpc) is 2.62. The lowest BCUT2D eigenvalue weighted by Gasteiger charge is -2.21. The number of aryl methyl sites for hydroxylation is 1. The smallest absolute Gasteiger partial charge is 0.276 e. The Bertz CT molecular complexity index is 375. The zero-order chi connectivity index (χ0) is 12.2. The number of nitrogens with zero attached hydrogens (tertiary/aromatic N) is 3. The number of rotatable bonds is 5. The van der Waals surface area contributed by atoms with E-state index in [4.69, 9.17) is 15.4 Å². The minimum atomic E-state index is -0.336. The fourth-order valence-electron chi connectivity index (χ4n) is 0.994. The topological polar surface area (TPSA) is 97.5 Å². The van der Waals surface area contributed by atoms with Gasteiger partial charge in [-0.15, -0.1) is 10.2 Å². The lowest BCUT2D eigenvalue weighted by atomic mass is 9.89. The third-order valence-electron chi connectivity index (χ3n) is 2.26. The summed E-state index contributed by atoms with van der Waals surface area (Å²) in [6, 6.07) is 0. The van der Waals surface area contributed by atoms with Crippen molar-refractivity contribution in [2.75, 3.05) is 5.75 Å². The van der Waals surface area contributed by atoms with Crippen molar-refractivity contribution < 1.29 is 9.62 Å². The number of hydrogen-bond donors (Lipinski definition) is 2. The Hall–Kier alpha value is -1.24. The van der Waals surface area contributed by atoms with E-state index in [2.05, 4.69) is 15.4 Å². The van der Waals surface area contributed by atoms with Gasteiger partial charge in [-0.1, -0.05) is 30.8 Å². The van der Waals surface area contributed by atoms with Crippen molar-refractivity contribution in [2.45, 2.75) is 32.4 Å². The largest absolute Gasteiger partial charge is 0.416 e. The molecule has 3 N–H and O–H groups in total. The first-order valence-electron chi connectivity index (χ1n) is 4.86. The first-order chi connectivity index (χ1) is 7.45. The van der Waals surface area contributed by atoms with Crippen molar-refractivity contribution in [3.63, 3.8) is 0 Å². The molecule has 0 saturated heterocycles. The van der Waals surface area contributed by atoms with Gasteiger partial charge in [0.1, 0.15) is 5.84 Å². The monoisotopic (exact) mass is 244 g/mol. The van der Waals surface area contributed by atoms with Crippen LogP contribution in [0.5, 0.6) is 0 Å². The van der Waals surface area contributed by atoms with Gasteiger partial charge in [-0.05, 0) is 6.42 Å². The quantitative estimate of drug-likeness (QED) is 0.268. The van der Waals surface area contributed by atoms with Gasteiger partial charge in [0.05, 0.1) is 0 Å². The first kappa shape index (κ1) is 12.8. The molecule has 0 atom stereocenters. The molecule has 6 nitrogen and oxygen atoms in total. The van der Waals surface area contributed by atoms with Gasteiger partial charge in [-0.3, -0.25) is 0 Å². The Morgan fingerprint density at radius 1 is 1.56 bits per heavy atom. The van der Waals surface area contributed by atoms with E-state index < -0.39 is 0 Å². The highest BCUT2D eigenvalue weighted by Gasteiger charge is 2.23. The van der Waals surface area contributed by atoms with Crippen LogP contribution in [0.15, 0.2) is 14.8 Å². The Kier molecular flexibility index (Phi) is 4.17. The molecule has 0 spiro atoms. The molecule has 1 rings (SSSR count). The number of nitrogens with two attached hydrogens (primary N) is 1. The summed E-state index contributed by atoms with van der Waals surface area (Å²) in [5.74, 6) is 1.55. The number of amidine groups is 1. The maximum atomic E-state index is 8.61. The maximum Gasteiger partial charge on any atom is 0.276 e. The molecule has 0 bridgehead atoms. The van der Waals surface area contributed by atoms with Crippen LogP contribution in [-0.4, -0.2) is 27.0 Å². The molecule has 0 aliphatic rings. The predicted molar refractivity (Wildman–Crippen MR) is 61.6 cm³/mol. The fourth-order valence-corrected chi connectivity index (χ4v) is 2.06. The SMILES string of the molecule is Cc1nnc(SCCC(C)(C)C(N)=NO)o1. The average molecular weight is 244 g/mol. The van der Waals surface area contributed by atoms with Gasteiger partial charge in [-0.2, -0.15) is 0 Å². The molecule has 1 aromatic rings. The van der Waals surface area contributed by atoms with Crippen LogP contribution in [0.25, 0.3) is 0 Å². The van der Waals surface area contributed by atoms with Crippen molar-refractivity contribution in [1.82, 2.24) is 10.2 Å². The second-order valence-corrected chi connectivity index (χ2v) is 5.10. The molecule has 16 heavy (non-hydrogen) atoms. The third-order valence-corrected chi connectivity index (χ3v) is 3.08. The zero-order valence-electron chi connectivity index (χ0n) is 9.60. The highest BCUT2D eigenvalue weighted by Crippen LogP contribution is 2.25. The molecular formula is C9H16N4O2S. The van der Waals surface area contributed by atoms with Gasteiger partial charge in [0.2, 0.25) is 5.89 Å². The van der Waals surface area contributed by atoms with Crippen LogP contribution in [0.2, 0.25) is 0 Å². The van der Waals surface area contributed by atoms with E-state index in [1.165, 1.54) is 11.8 Å². The molecule has 0 aliphatic carbocycles. The van der Waals surface area contributed by atoms with Crippen LogP contribution < -0.4 is 5.73 Å². The van der Waals surface area contributed by atoms with E-state index in [0.29, 0.717) is 11.1 Å². The highest BCUT2D eigenvalue weighted by atomic mass is 32.2. The maximum absolute atomic E-state index is 8.61. The lowest BCUT2D eigenvalue weighted by molar-refractivity contribution is 0.307. The standard InChI is InChI=1S/C9H16N4O2S/c1-6-11-12-8(15-6)16-5-4-9(2,3)7(10)13-14/h14H,4-5H2,1-3H3,(H2,10,13). The Balaban J connectivity index is 2.41. The Morgan fingerprint density at radius 3 is 2.75 bits per heavy atom. The molecule has 0 unspecified atom stereocenters. The van der Waals surface area contributed by atoms with Crippen molar-refractivity contribution in [1.29, 1.82) is 0 Å². The van der Waals surface area contributed by atoms with Crippen LogP contribution >= 0.6 is 11.8 Å². The molecule has 90 valence electrons. The van der Waals surface area contributed by atoms with E-state index in [-0.39, 0.29) is 11.3 Å². The van der Waals surface area contributed by atoms with Crippen molar-refractivity contribution >= 4 is 17.6 Å². The predicted octanol–water partition coefficient (Wildman–Crippen LogP) is 1.63. The number of aromatic nitrogens is 2. The molecular weight excluding hydrogens is 228 g/mol. The summed E-state index contributed by atoms with van der Waals surface area (Å²) in [5, 5.41) is 19.8. The molecule has 0 saturated carbocycles. The van der Waals surface area contributed by atoms with Gasteiger partial charge < -0.3 is 15.4 Å². The summed E-state index contributed by atoms with van der Waals surface area (Å²) in [6.45, 7) is 5.58. The van der Waals surface area contributed by atoms with E-state index in [9.17, 15) is 0 Å². The van der Waals surface area contributed by atoms with Crippen LogP contribution in [0.4, 0.5) is 0 Å². The molecule has 0 radical (unpaired) electrons. The fraction of sp³-hybridized carbons (Fsp3) is 0.667. The number of thioether (sulfide) groups is 1. The Morgan fingerprint density at radius 2 is 2.25 bits per heavy atom. The van der Waals surface area contributed by atoms with Crippen LogP contribution in [0.1, 0.15) is 26.2 Å². The minimum absolute atomic E-state index is 0.231. The second-order valence-electron chi connectivity index (χ2n) is 4.05. The molecule has 1 heterocycles. The third kappa shape index (κ3) is 3.41. The normalized spacial score (nSPS) is 13.1. The summed E-state index contributed by atoms with van der Waals surface area (Å²) in [4.78, 5) is 0. The second kappa shape index (κ2) is 5.20. The van der Waals surface area contributed by atoms with E-state index in [1.54, 1.807) is 6.92 Å². The van der Waals surface area contributed by atoms with Gasteiger partial charge in [0, 0.05) is 18.1 Å². The van der Waals surface area contributed by atoms with Crippen molar-refractivity contribution in [3.8, 4) is 0 Å². The highest BCUT2D eigenvalue weighted by molar-refractivity contribution is 7.99. The molecule has 0 aromatic carbocycles. The van der Waals surface area contributed by atoms with Gasteiger partial charge >= 0.3 is 0 Å². The summed E-state index contributed by atoms with van der Waals surface area (Å²) in [5.41, 5.74) is 5.24. The Labute approximate surface area is 98.3 Å². The molecule has 0 fully saturated rings. The van der Waals surface area contributed by atoms with Gasteiger partial charge in [0.15, 0.2) is 0 Å². The van der Waals surface area contributed by atoms with E-state index >= 15 is 0 Å². The van der Waals surface area contributed by atoms with Crippen LogP contribution in [0.3, 0.4) is 0 Å². The van der Waals surface area contributed by atoms with E-state index in [1.807, 2.05) is 13.8 Å². The van der Waals surface area contributed by atoms with Crippen LogP contribution in [-0.2, 0) is 0 Å². The summed E-state index contributed by atoms with van der Waals surface area (Å²) < 4.78 is 5.21. The van der Waals surface area contributed by atoms with Crippen molar-refractivity contribution in [3.05, 3.63) is 5.89 Å². The number of hydrogen-bond acceptors (Lipinski definition) is 6. The van der Waals surface area contributed by atoms with Crippen molar-refractivity contribution in [2.24, 2.45) is 16.3 Å². The summed E-state index contributed by atoms with van der Waals surface area (Å²) in [6.07, 6.45) is 0.759. The molecule has 7 heteroatoms. The molecule has 0 amide bonds. The summed E-state index contributed by atoms with van der Waals surface area (Å²) in [7, 11) is 0. The van der Waals surface area contributed by atoms with Gasteiger partial charge in [0.25, 0.3) is 5.22 Å². The van der Waals surface area contributed by atoms with Crippen LogP contribution in [0, 0.1) is 12.3 Å². The molecule has 0 aliphatic heterocycles. The first-order valence-corrected chi connectivity index (χ1v) is 5.85.